The lowest BCUT2D eigenvalue weighted by Gasteiger charge is -2.09. The van der Waals surface area contributed by atoms with Crippen LogP contribution in [0.4, 0.5) is 0 Å². The van der Waals surface area contributed by atoms with E-state index in [1.807, 2.05) is 25.3 Å². The molecule has 3 nitrogen and oxygen atoms in total. The quantitative estimate of drug-likeness (QED) is 0.492. The largest absolute Gasteiger partial charge is 0.280 e. The van der Waals surface area contributed by atoms with Gasteiger partial charge in [0.1, 0.15) is 11.3 Å². The number of aromatic nitrogens is 3. The molecule has 0 N–H and O–H groups in total. The first-order valence-corrected chi connectivity index (χ1v) is 7.97. The topological polar surface area (TPSA) is 30.7 Å². The number of rotatable bonds is 3. The Hall–Kier alpha value is -1.14. The molecular formula is C15H13ClIN3. The maximum absolute atomic E-state index is 5.92. The Kier molecular flexibility index (Phi) is 3.94. The molecule has 20 heavy (non-hydrogen) atoms. The number of aryl methyl sites for hydroxylation is 2. The van der Waals surface area contributed by atoms with Crippen molar-refractivity contribution >= 4 is 45.4 Å². The van der Waals surface area contributed by atoms with E-state index in [0.717, 1.165) is 34.7 Å². The molecule has 0 bridgehead atoms. The average Bonchev–Trinajstić information content (AvgIpc) is 2.77. The lowest BCUT2D eigenvalue weighted by molar-refractivity contribution is 0.902. The van der Waals surface area contributed by atoms with Crippen LogP contribution in [0.15, 0.2) is 36.5 Å². The monoisotopic (exact) mass is 397 g/mol. The van der Waals surface area contributed by atoms with Crippen LogP contribution in [0, 0.1) is 10.5 Å². The fourth-order valence-corrected chi connectivity index (χ4v) is 3.05. The molecule has 0 aliphatic carbocycles. The van der Waals surface area contributed by atoms with Gasteiger partial charge >= 0.3 is 0 Å². The van der Waals surface area contributed by atoms with Crippen LogP contribution in [-0.4, -0.2) is 20.4 Å². The second kappa shape index (κ2) is 5.69. The Bertz CT molecular complexity index is 767. The maximum Gasteiger partial charge on any atom is 0.164 e. The summed E-state index contributed by atoms with van der Waals surface area (Å²) >= 11 is 8.26. The van der Waals surface area contributed by atoms with E-state index in [9.17, 15) is 0 Å². The highest BCUT2D eigenvalue weighted by atomic mass is 127. The fourth-order valence-electron chi connectivity index (χ4n) is 2.25. The summed E-state index contributed by atoms with van der Waals surface area (Å²) in [5.41, 5.74) is 4.03. The van der Waals surface area contributed by atoms with Crippen molar-refractivity contribution in [2.75, 3.05) is 5.88 Å². The highest BCUT2D eigenvalue weighted by Gasteiger charge is 2.14. The van der Waals surface area contributed by atoms with E-state index < -0.39 is 0 Å². The Morgan fingerprint density at radius 2 is 2.10 bits per heavy atom. The van der Waals surface area contributed by atoms with Gasteiger partial charge in [-0.1, -0.05) is 12.1 Å². The Morgan fingerprint density at radius 3 is 2.85 bits per heavy atom. The summed E-state index contributed by atoms with van der Waals surface area (Å²) in [6.07, 6.45) is 2.60. The molecule has 0 fully saturated rings. The number of hydrogen-bond donors (Lipinski definition) is 0. The molecule has 0 atom stereocenters. The van der Waals surface area contributed by atoms with Crippen molar-refractivity contribution in [3.05, 3.63) is 51.5 Å². The first-order chi connectivity index (χ1) is 9.70. The van der Waals surface area contributed by atoms with Gasteiger partial charge in [-0.05, 0) is 53.3 Å². The van der Waals surface area contributed by atoms with Gasteiger partial charge in [-0.2, -0.15) is 0 Å². The molecule has 0 amide bonds. The normalized spacial score (nSPS) is 11.2. The molecule has 5 heteroatoms. The van der Waals surface area contributed by atoms with Gasteiger partial charge in [0, 0.05) is 22.1 Å². The van der Waals surface area contributed by atoms with E-state index in [1.165, 1.54) is 3.57 Å². The second-order valence-electron chi connectivity index (χ2n) is 4.61. The van der Waals surface area contributed by atoms with Crippen molar-refractivity contribution in [2.24, 2.45) is 0 Å². The van der Waals surface area contributed by atoms with Gasteiger partial charge in [0.15, 0.2) is 5.65 Å². The zero-order valence-corrected chi connectivity index (χ0v) is 13.9. The Morgan fingerprint density at radius 1 is 1.30 bits per heavy atom. The van der Waals surface area contributed by atoms with Crippen LogP contribution >= 0.6 is 34.2 Å². The predicted molar refractivity (Wildman–Crippen MR) is 90.7 cm³/mol. The molecule has 1 aromatic carbocycles. The molecule has 102 valence electrons. The van der Waals surface area contributed by atoms with Crippen molar-refractivity contribution in [3.8, 4) is 5.69 Å². The minimum atomic E-state index is 0.547. The molecule has 3 aromatic rings. The number of pyridine rings is 1. The first kappa shape index (κ1) is 13.8. The molecule has 0 unspecified atom stereocenters. The van der Waals surface area contributed by atoms with Crippen LogP contribution in [0.5, 0.6) is 0 Å². The summed E-state index contributed by atoms with van der Waals surface area (Å²) < 4.78 is 3.28. The Balaban J connectivity index is 2.32. The lowest BCUT2D eigenvalue weighted by Crippen LogP contribution is -2.04. The smallest absolute Gasteiger partial charge is 0.164 e. The van der Waals surface area contributed by atoms with Crippen LogP contribution in [0.25, 0.3) is 16.9 Å². The van der Waals surface area contributed by atoms with E-state index in [2.05, 4.69) is 50.3 Å². The summed E-state index contributed by atoms with van der Waals surface area (Å²) in [4.78, 5) is 9.25. The number of halogens is 2. The Labute approximate surface area is 136 Å². The third kappa shape index (κ3) is 2.42. The summed E-state index contributed by atoms with van der Waals surface area (Å²) in [5.74, 6) is 1.50. The molecule has 0 aliphatic rings. The summed E-state index contributed by atoms with van der Waals surface area (Å²) in [7, 11) is 0. The number of hydrogen-bond acceptors (Lipinski definition) is 2. The van der Waals surface area contributed by atoms with Crippen molar-refractivity contribution in [1.82, 2.24) is 14.5 Å². The van der Waals surface area contributed by atoms with Gasteiger partial charge in [-0.15, -0.1) is 11.6 Å². The SMILES string of the molecule is Cc1cnc2c(c1)nc(CCCl)n2-c1ccccc1I. The highest BCUT2D eigenvalue weighted by Crippen LogP contribution is 2.24. The zero-order chi connectivity index (χ0) is 14.1. The maximum atomic E-state index is 5.92. The first-order valence-electron chi connectivity index (χ1n) is 6.35. The third-order valence-corrected chi connectivity index (χ3v) is 4.22. The fraction of sp³-hybridized carbons (Fsp3) is 0.200. The van der Waals surface area contributed by atoms with Crippen molar-refractivity contribution < 1.29 is 0 Å². The van der Waals surface area contributed by atoms with Gasteiger partial charge in [-0.3, -0.25) is 4.57 Å². The van der Waals surface area contributed by atoms with Crippen LogP contribution in [0.1, 0.15) is 11.4 Å². The second-order valence-corrected chi connectivity index (χ2v) is 6.15. The molecule has 3 rings (SSSR count). The number of imidazole rings is 1. The lowest BCUT2D eigenvalue weighted by atomic mass is 10.3. The van der Waals surface area contributed by atoms with E-state index in [-0.39, 0.29) is 0 Å². The number of alkyl halides is 1. The van der Waals surface area contributed by atoms with E-state index in [0.29, 0.717) is 5.88 Å². The van der Waals surface area contributed by atoms with E-state index >= 15 is 0 Å². The van der Waals surface area contributed by atoms with Gasteiger partial charge in [0.05, 0.1) is 5.69 Å². The van der Waals surface area contributed by atoms with Crippen molar-refractivity contribution in [1.29, 1.82) is 0 Å². The molecule has 0 saturated carbocycles. The van der Waals surface area contributed by atoms with E-state index in [4.69, 9.17) is 16.6 Å². The summed E-state index contributed by atoms with van der Waals surface area (Å²) in [6.45, 7) is 2.03. The van der Waals surface area contributed by atoms with E-state index in [1.54, 1.807) is 0 Å². The third-order valence-electron chi connectivity index (χ3n) is 3.11. The summed E-state index contributed by atoms with van der Waals surface area (Å²) in [6, 6.07) is 10.3. The molecule has 2 heterocycles. The van der Waals surface area contributed by atoms with Crippen molar-refractivity contribution in [2.45, 2.75) is 13.3 Å². The number of nitrogens with zero attached hydrogens (tertiary/aromatic N) is 3. The van der Waals surface area contributed by atoms with Gasteiger partial charge < -0.3 is 0 Å². The average molecular weight is 398 g/mol. The highest BCUT2D eigenvalue weighted by molar-refractivity contribution is 14.1. The van der Waals surface area contributed by atoms with Gasteiger partial charge in [0.25, 0.3) is 0 Å². The molecule has 2 aromatic heterocycles. The minimum absolute atomic E-state index is 0.547. The number of benzene rings is 1. The van der Waals surface area contributed by atoms with Crippen LogP contribution in [0.3, 0.4) is 0 Å². The van der Waals surface area contributed by atoms with Gasteiger partial charge in [-0.25, -0.2) is 9.97 Å². The predicted octanol–water partition coefficient (Wildman–Crippen LogP) is 4.11. The van der Waals surface area contributed by atoms with Gasteiger partial charge in [0.2, 0.25) is 0 Å². The number of para-hydroxylation sites is 1. The molecule has 0 aliphatic heterocycles. The molecule has 0 saturated heterocycles. The number of fused-ring (bicyclic) bond motifs is 1. The van der Waals surface area contributed by atoms with Crippen LogP contribution in [0.2, 0.25) is 0 Å². The molecule has 0 spiro atoms. The standard InChI is InChI=1S/C15H13ClIN3/c1-10-8-12-15(18-9-10)20(14(19-12)6-7-16)13-5-3-2-4-11(13)17/h2-5,8-9H,6-7H2,1H3. The summed E-state index contributed by atoms with van der Waals surface area (Å²) in [5, 5.41) is 0. The van der Waals surface area contributed by atoms with Crippen LogP contribution in [-0.2, 0) is 6.42 Å². The molecule has 0 radical (unpaired) electrons. The van der Waals surface area contributed by atoms with Crippen LogP contribution < -0.4 is 0 Å². The molecular weight excluding hydrogens is 385 g/mol. The zero-order valence-electron chi connectivity index (χ0n) is 11.0. The minimum Gasteiger partial charge on any atom is -0.280 e. The van der Waals surface area contributed by atoms with Crippen molar-refractivity contribution in [3.63, 3.8) is 0 Å².